The summed E-state index contributed by atoms with van der Waals surface area (Å²) in [6.45, 7) is 3.76. The molecule has 4 atom stereocenters. The van der Waals surface area contributed by atoms with Crippen LogP contribution in [0.3, 0.4) is 0 Å². The Bertz CT molecular complexity index is 723. The first-order valence-corrected chi connectivity index (χ1v) is 7.65. The zero-order chi connectivity index (χ0) is 18.1. The number of hydrogen-bond acceptors (Lipinski definition) is 6. The molecule has 1 aliphatic rings. The molecule has 1 aliphatic heterocycles. The smallest absolute Gasteiger partial charge is 0.330 e. The maximum absolute atomic E-state index is 15.2. The molecule has 134 valence electrons. The Labute approximate surface area is 137 Å². The van der Waals surface area contributed by atoms with Crippen molar-refractivity contribution < 1.29 is 23.8 Å². The van der Waals surface area contributed by atoms with E-state index in [-0.39, 0.29) is 13.0 Å². The van der Waals surface area contributed by atoms with Gasteiger partial charge in [-0.15, -0.1) is 0 Å². The van der Waals surface area contributed by atoms with E-state index in [9.17, 15) is 19.5 Å². The average molecular weight is 344 g/mol. The third kappa shape index (κ3) is 3.13. The maximum atomic E-state index is 15.2. The van der Waals surface area contributed by atoms with Crippen LogP contribution in [0.15, 0.2) is 21.9 Å². The van der Waals surface area contributed by atoms with Crippen LogP contribution < -0.4 is 11.2 Å². The molecule has 0 bridgehead atoms. The normalized spacial score (nSPS) is 32.7. The van der Waals surface area contributed by atoms with Crippen molar-refractivity contribution in [2.75, 3.05) is 6.61 Å². The maximum Gasteiger partial charge on any atom is 0.330 e. The van der Waals surface area contributed by atoms with E-state index in [1.54, 1.807) is 6.92 Å². The second-order valence-corrected chi connectivity index (χ2v) is 6.15. The largest absolute Gasteiger partial charge is 0.463 e. The number of hydrogen-bond donors (Lipinski definition) is 2. The molecule has 1 saturated heterocycles. The predicted molar refractivity (Wildman–Crippen MR) is 81.2 cm³/mol. The van der Waals surface area contributed by atoms with E-state index < -0.39 is 40.8 Å². The van der Waals surface area contributed by atoms with Gasteiger partial charge in [-0.1, -0.05) is 6.92 Å². The number of rotatable bonds is 5. The number of ether oxygens (including phenoxy) is 2. The number of carbonyl (C=O) groups is 1. The molecule has 2 N–H and O–H groups in total. The van der Waals surface area contributed by atoms with Crippen LogP contribution in [0.1, 0.15) is 39.8 Å². The van der Waals surface area contributed by atoms with E-state index >= 15 is 4.39 Å². The van der Waals surface area contributed by atoms with Gasteiger partial charge in [0, 0.05) is 18.7 Å². The number of carbonyl (C=O) groups excluding carboxylic acids is 1. The van der Waals surface area contributed by atoms with Crippen LogP contribution in [0.5, 0.6) is 0 Å². The van der Waals surface area contributed by atoms with Crippen LogP contribution in [-0.2, 0) is 14.3 Å². The molecule has 0 aliphatic carbocycles. The Balaban J connectivity index is 2.27. The van der Waals surface area contributed by atoms with Gasteiger partial charge >= 0.3 is 11.7 Å². The summed E-state index contributed by atoms with van der Waals surface area (Å²) >= 11 is 0. The third-order valence-electron chi connectivity index (χ3n) is 4.33. The number of nitrogens with one attached hydrogen (secondary N) is 1. The van der Waals surface area contributed by atoms with Crippen molar-refractivity contribution in [2.24, 2.45) is 0 Å². The van der Waals surface area contributed by atoms with Crippen molar-refractivity contribution in [3.63, 3.8) is 0 Å². The van der Waals surface area contributed by atoms with Crippen molar-refractivity contribution >= 4 is 5.97 Å². The monoisotopic (exact) mass is 344 g/mol. The van der Waals surface area contributed by atoms with E-state index in [1.807, 2.05) is 4.98 Å². The van der Waals surface area contributed by atoms with Crippen molar-refractivity contribution in [1.29, 1.82) is 0 Å². The Hall–Kier alpha value is -2.00. The van der Waals surface area contributed by atoms with Crippen molar-refractivity contribution in [2.45, 2.75) is 57.2 Å². The van der Waals surface area contributed by atoms with Crippen LogP contribution in [-0.4, -0.2) is 44.6 Å². The summed E-state index contributed by atoms with van der Waals surface area (Å²) < 4.78 is 26.5. The fourth-order valence-electron chi connectivity index (χ4n) is 2.57. The Morgan fingerprint density at radius 2 is 2.17 bits per heavy atom. The second kappa shape index (κ2) is 6.48. The SMILES string of the molecule is CCCC(=O)OC[C@H]1O[C@@H](n2ccc(=O)[nH]c2=O)[C@](C)(F)[C@]1(C)O. The average Bonchev–Trinajstić information content (AvgIpc) is 2.64. The lowest BCUT2D eigenvalue weighted by atomic mass is 9.84. The van der Waals surface area contributed by atoms with Gasteiger partial charge in [0.25, 0.3) is 5.56 Å². The highest BCUT2D eigenvalue weighted by molar-refractivity contribution is 5.69. The van der Waals surface area contributed by atoms with E-state index in [0.717, 1.165) is 23.8 Å². The molecule has 1 aromatic heterocycles. The minimum Gasteiger partial charge on any atom is -0.463 e. The zero-order valence-corrected chi connectivity index (χ0v) is 13.7. The molecule has 0 radical (unpaired) electrons. The van der Waals surface area contributed by atoms with Gasteiger partial charge in [-0.3, -0.25) is 19.1 Å². The number of nitrogens with zero attached hydrogens (tertiary/aromatic N) is 1. The lowest BCUT2D eigenvalue weighted by molar-refractivity contribution is -0.153. The summed E-state index contributed by atoms with van der Waals surface area (Å²) in [5, 5.41) is 10.5. The van der Waals surface area contributed by atoms with Gasteiger partial charge in [0.2, 0.25) is 0 Å². The molecule has 1 fully saturated rings. The summed E-state index contributed by atoms with van der Waals surface area (Å²) in [6.07, 6.45) is -0.768. The summed E-state index contributed by atoms with van der Waals surface area (Å²) in [5.41, 5.74) is -5.88. The van der Waals surface area contributed by atoms with Gasteiger partial charge < -0.3 is 14.6 Å². The fourth-order valence-corrected chi connectivity index (χ4v) is 2.57. The van der Waals surface area contributed by atoms with Gasteiger partial charge in [0.1, 0.15) is 18.3 Å². The third-order valence-corrected chi connectivity index (χ3v) is 4.33. The van der Waals surface area contributed by atoms with Gasteiger partial charge in [-0.05, 0) is 20.3 Å². The standard InChI is InChI=1S/C15H21FN2O6/c1-4-5-11(20)23-8-9-15(3,22)14(2,16)12(24-9)18-7-6-10(19)17-13(18)21/h6-7,9,12,22H,4-5,8H2,1-3H3,(H,17,19,21)/t9-,12-,14+,15-/m1/s1. The molecule has 2 rings (SSSR count). The van der Waals surface area contributed by atoms with Gasteiger partial charge in [0.15, 0.2) is 11.9 Å². The number of esters is 1. The molecule has 2 heterocycles. The first-order valence-electron chi connectivity index (χ1n) is 7.65. The number of H-pyrrole nitrogens is 1. The highest BCUT2D eigenvalue weighted by Crippen LogP contribution is 2.47. The van der Waals surface area contributed by atoms with Crippen LogP contribution in [0.2, 0.25) is 0 Å². The van der Waals surface area contributed by atoms with Crippen LogP contribution in [0.25, 0.3) is 0 Å². The molecule has 8 nitrogen and oxygen atoms in total. The number of aromatic nitrogens is 2. The lowest BCUT2D eigenvalue weighted by Gasteiger charge is -2.32. The van der Waals surface area contributed by atoms with Gasteiger partial charge in [0.05, 0.1) is 0 Å². The highest BCUT2D eigenvalue weighted by Gasteiger charge is 2.63. The minimum absolute atomic E-state index is 0.199. The molecular formula is C15H21FN2O6. The van der Waals surface area contributed by atoms with Gasteiger partial charge in [-0.2, -0.15) is 0 Å². The summed E-state index contributed by atoms with van der Waals surface area (Å²) in [4.78, 5) is 36.5. The van der Waals surface area contributed by atoms with E-state index in [4.69, 9.17) is 9.47 Å². The molecule has 24 heavy (non-hydrogen) atoms. The molecule has 0 aromatic carbocycles. The quantitative estimate of drug-likeness (QED) is 0.741. The Morgan fingerprint density at radius 3 is 2.75 bits per heavy atom. The number of alkyl halides is 1. The zero-order valence-electron chi connectivity index (χ0n) is 13.7. The first-order chi connectivity index (χ1) is 11.1. The van der Waals surface area contributed by atoms with Crippen LogP contribution in [0.4, 0.5) is 4.39 Å². The number of aliphatic hydroxyl groups is 1. The summed E-state index contributed by atoms with van der Waals surface area (Å²) in [5.74, 6) is -0.484. The lowest BCUT2D eigenvalue weighted by Crippen LogP contribution is -2.53. The molecule has 1 aromatic rings. The van der Waals surface area contributed by atoms with Crippen LogP contribution >= 0.6 is 0 Å². The van der Waals surface area contributed by atoms with E-state index in [1.165, 1.54) is 6.92 Å². The van der Waals surface area contributed by atoms with Crippen molar-refractivity contribution in [3.8, 4) is 0 Å². The van der Waals surface area contributed by atoms with Crippen LogP contribution in [0, 0.1) is 0 Å². The van der Waals surface area contributed by atoms with E-state index in [2.05, 4.69) is 0 Å². The first kappa shape index (κ1) is 18.3. The molecular weight excluding hydrogens is 323 g/mol. The molecule has 0 amide bonds. The van der Waals surface area contributed by atoms with Crippen molar-refractivity contribution in [1.82, 2.24) is 9.55 Å². The highest BCUT2D eigenvalue weighted by atomic mass is 19.1. The molecule has 0 saturated carbocycles. The van der Waals surface area contributed by atoms with E-state index in [0.29, 0.717) is 6.42 Å². The second-order valence-electron chi connectivity index (χ2n) is 6.15. The molecule has 0 unspecified atom stereocenters. The number of aromatic amines is 1. The molecule has 0 spiro atoms. The van der Waals surface area contributed by atoms with Crippen molar-refractivity contribution in [3.05, 3.63) is 33.1 Å². The Kier molecular flexibility index (Phi) is 4.95. The Morgan fingerprint density at radius 1 is 1.50 bits per heavy atom. The van der Waals surface area contributed by atoms with Gasteiger partial charge in [-0.25, -0.2) is 9.18 Å². The minimum atomic E-state index is -2.36. The molecule has 9 heteroatoms. The number of halogens is 1. The predicted octanol–water partition coefficient (Wildman–Crippen LogP) is 0.257. The summed E-state index contributed by atoms with van der Waals surface area (Å²) in [6, 6.07) is 1.05. The summed E-state index contributed by atoms with van der Waals surface area (Å²) in [7, 11) is 0. The topological polar surface area (TPSA) is 111 Å². The fraction of sp³-hybridized carbons (Fsp3) is 0.667.